The third kappa shape index (κ3) is 4.05. The van der Waals surface area contributed by atoms with Gasteiger partial charge in [-0.3, -0.25) is 0 Å². The molecule has 174 valence electrons. The van der Waals surface area contributed by atoms with Crippen LogP contribution < -0.4 is 10.1 Å². The standard InChI is InChI=1S/C26H26N4O4/c1-31-21-15-19(27-18-11-13-32-14-12-18)9-10-20(21)25-28-29-26(33-25)22-23(16-5-3-2-4-6-16)30-34-24(22)17-7-8-17/h2-6,9-10,15,17-18,27H,7-8,11-14H2,1H3. The van der Waals surface area contributed by atoms with Gasteiger partial charge < -0.3 is 23.7 Å². The molecule has 1 saturated carbocycles. The molecule has 1 saturated heterocycles. The molecular formula is C26H26N4O4. The van der Waals surface area contributed by atoms with E-state index in [-0.39, 0.29) is 0 Å². The van der Waals surface area contributed by atoms with Crippen LogP contribution in [0.5, 0.6) is 5.75 Å². The van der Waals surface area contributed by atoms with Gasteiger partial charge in [-0.1, -0.05) is 35.5 Å². The lowest BCUT2D eigenvalue weighted by atomic mass is 10.0. The highest BCUT2D eigenvalue weighted by Crippen LogP contribution is 2.47. The molecule has 0 spiro atoms. The second-order valence-corrected chi connectivity index (χ2v) is 8.77. The summed E-state index contributed by atoms with van der Waals surface area (Å²) in [5, 5.41) is 16.7. The minimum Gasteiger partial charge on any atom is -0.496 e. The summed E-state index contributed by atoms with van der Waals surface area (Å²) in [7, 11) is 1.65. The normalized spacial score (nSPS) is 16.5. The Balaban J connectivity index is 1.33. The van der Waals surface area contributed by atoms with Gasteiger partial charge in [0.1, 0.15) is 17.0 Å². The van der Waals surface area contributed by atoms with Crippen LogP contribution in [0.15, 0.2) is 57.5 Å². The molecule has 0 radical (unpaired) electrons. The smallest absolute Gasteiger partial charge is 0.254 e. The Morgan fingerprint density at radius 2 is 1.74 bits per heavy atom. The summed E-state index contributed by atoms with van der Waals surface area (Å²) in [5.41, 5.74) is 4.19. The molecule has 1 N–H and O–H groups in total. The maximum absolute atomic E-state index is 6.19. The van der Waals surface area contributed by atoms with Gasteiger partial charge in [-0.2, -0.15) is 0 Å². The van der Waals surface area contributed by atoms with Crippen molar-refractivity contribution in [1.82, 2.24) is 15.4 Å². The Bertz CT molecular complexity index is 1270. The zero-order chi connectivity index (χ0) is 22.9. The number of anilines is 1. The van der Waals surface area contributed by atoms with Crippen molar-refractivity contribution in [2.75, 3.05) is 25.6 Å². The quantitative estimate of drug-likeness (QED) is 0.386. The van der Waals surface area contributed by atoms with Gasteiger partial charge in [-0.25, -0.2) is 0 Å². The van der Waals surface area contributed by atoms with E-state index in [4.69, 9.17) is 18.4 Å². The van der Waals surface area contributed by atoms with Crippen LogP contribution in [0.25, 0.3) is 34.2 Å². The van der Waals surface area contributed by atoms with Gasteiger partial charge in [0, 0.05) is 42.5 Å². The van der Waals surface area contributed by atoms with Crippen molar-refractivity contribution in [2.24, 2.45) is 0 Å². The lowest BCUT2D eigenvalue weighted by Crippen LogP contribution is -2.27. The lowest BCUT2D eigenvalue weighted by Gasteiger charge is -2.24. The molecule has 6 rings (SSSR count). The van der Waals surface area contributed by atoms with Gasteiger partial charge in [0.2, 0.25) is 0 Å². The maximum atomic E-state index is 6.19. The van der Waals surface area contributed by atoms with E-state index in [9.17, 15) is 0 Å². The Hall–Kier alpha value is -3.65. The number of aromatic nitrogens is 3. The van der Waals surface area contributed by atoms with E-state index in [0.717, 1.165) is 72.7 Å². The van der Waals surface area contributed by atoms with E-state index >= 15 is 0 Å². The minimum atomic E-state index is 0.348. The number of benzene rings is 2. The topological polar surface area (TPSA) is 95.4 Å². The summed E-state index contributed by atoms with van der Waals surface area (Å²) in [4.78, 5) is 0. The molecule has 3 heterocycles. The molecule has 0 bridgehead atoms. The number of nitrogens with zero attached hydrogens (tertiary/aromatic N) is 3. The van der Waals surface area contributed by atoms with E-state index < -0.39 is 0 Å². The molecule has 1 aliphatic heterocycles. The van der Waals surface area contributed by atoms with Crippen molar-refractivity contribution < 1.29 is 18.4 Å². The first kappa shape index (κ1) is 20.9. The van der Waals surface area contributed by atoms with Crippen molar-refractivity contribution >= 4 is 5.69 Å². The number of methoxy groups -OCH3 is 1. The van der Waals surface area contributed by atoms with Crippen LogP contribution in [0.4, 0.5) is 5.69 Å². The first-order valence-corrected chi connectivity index (χ1v) is 11.7. The van der Waals surface area contributed by atoms with Gasteiger partial charge in [-0.05, 0) is 37.8 Å². The third-order valence-corrected chi connectivity index (χ3v) is 6.38. The highest BCUT2D eigenvalue weighted by molar-refractivity contribution is 5.79. The van der Waals surface area contributed by atoms with Gasteiger partial charge in [-0.15, -0.1) is 10.2 Å². The highest BCUT2D eigenvalue weighted by Gasteiger charge is 2.35. The third-order valence-electron chi connectivity index (χ3n) is 6.38. The zero-order valence-electron chi connectivity index (χ0n) is 19.0. The molecule has 1 aliphatic carbocycles. The van der Waals surface area contributed by atoms with E-state index in [1.54, 1.807) is 7.11 Å². The maximum Gasteiger partial charge on any atom is 0.254 e. The van der Waals surface area contributed by atoms with Crippen molar-refractivity contribution in [3.8, 4) is 39.9 Å². The summed E-state index contributed by atoms with van der Waals surface area (Å²) in [6, 6.07) is 16.3. The van der Waals surface area contributed by atoms with Crippen molar-refractivity contribution in [3.05, 3.63) is 54.3 Å². The Morgan fingerprint density at radius 1 is 0.941 bits per heavy atom. The van der Waals surface area contributed by atoms with Crippen LogP contribution in [0.3, 0.4) is 0 Å². The second-order valence-electron chi connectivity index (χ2n) is 8.77. The fourth-order valence-electron chi connectivity index (χ4n) is 4.40. The van der Waals surface area contributed by atoms with Crippen molar-refractivity contribution in [3.63, 3.8) is 0 Å². The number of nitrogens with one attached hydrogen (secondary N) is 1. The summed E-state index contributed by atoms with van der Waals surface area (Å²) in [5.74, 6) is 2.63. The van der Waals surface area contributed by atoms with E-state index in [2.05, 4.69) is 20.7 Å². The largest absolute Gasteiger partial charge is 0.496 e. The summed E-state index contributed by atoms with van der Waals surface area (Å²) < 4.78 is 23.1. The van der Waals surface area contributed by atoms with Crippen molar-refractivity contribution in [2.45, 2.75) is 37.6 Å². The monoisotopic (exact) mass is 458 g/mol. The average Bonchev–Trinajstić information content (AvgIpc) is 3.45. The lowest BCUT2D eigenvalue weighted by molar-refractivity contribution is 0.0904. The Kier molecular flexibility index (Phi) is 5.50. The molecular weight excluding hydrogens is 432 g/mol. The predicted molar refractivity (Wildman–Crippen MR) is 127 cm³/mol. The number of hydrogen-bond donors (Lipinski definition) is 1. The fraction of sp³-hybridized carbons (Fsp3) is 0.346. The number of ether oxygens (including phenoxy) is 2. The van der Waals surface area contributed by atoms with Gasteiger partial charge in [0.15, 0.2) is 5.76 Å². The molecule has 0 amide bonds. The summed E-state index contributed by atoms with van der Waals surface area (Å²) in [6.07, 6.45) is 4.13. The van der Waals surface area contributed by atoms with Crippen molar-refractivity contribution in [1.29, 1.82) is 0 Å². The van der Waals surface area contributed by atoms with Crippen LogP contribution in [0.2, 0.25) is 0 Å². The molecule has 8 heteroatoms. The van der Waals surface area contributed by atoms with E-state index in [1.165, 1.54) is 0 Å². The number of hydrogen-bond acceptors (Lipinski definition) is 8. The molecule has 4 aromatic rings. The van der Waals surface area contributed by atoms with Crippen LogP contribution in [0, 0.1) is 0 Å². The van der Waals surface area contributed by atoms with Crippen LogP contribution in [-0.4, -0.2) is 41.7 Å². The SMILES string of the molecule is COc1cc(NC2CCOCC2)ccc1-c1nnc(-c2c(-c3ccccc3)noc2C2CC2)o1. The molecule has 8 nitrogen and oxygen atoms in total. The molecule has 34 heavy (non-hydrogen) atoms. The van der Waals surface area contributed by atoms with Crippen LogP contribution in [0.1, 0.15) is 37.4 Å². The highest BCUT2D eigenvalue weighted by atomic mass is 16.5. The Labute approximate surface area is 197 Å². The molecule has 0 atom stereocenters. The first-order valence-electron chi connectivity index (χ1n) is 11.7. The van der Waals surface area contributed by atoms with Gasteiger partial charge in [0.05, 0.1) is 12.7 Å². The number of rotatable bonds is 7. The summed E-state index contributed by atoms with van der Waals surface area (Å²) in [6.45, 7) is 1.57. The first-order chi connectivity index (χ1) is 16.8. The molecule has 2 aromatic carbocycles. The summed E-state index contributed by atoms with van der Waals surface area (Å²) >= 11 is 0. The Morgan fingerprint density at radius 3 is 2.50 bits per heavy atom. The zero-order valence-corrected chi connectivity index (χ0v) is 19.0. The van der Waals surface area contributed by atoms with Crippen LogP contribution >= 0.6 is 0 Å². The molecule has 0 unspecified atom stereocenters. The molecule has 2 aliphatic rings. The van der Waals surface area contributed by atoms with Crippen LogP contribution in [-0.2, 0) is 4.74 Å². The van der Waals surface area contributed by atoms with Gasteiger partial charge >= 0.3 is 0 Å². The fourth-order valence-corrected chi connectivity index (χ4v) is 4.40. The minimum absolute atomic E-state index is 0.348. The average molecular weight is 459 g/mol. The second kappa shape index (κ2) is 8.95. The predicted octanol–water partition coefficient (Wildman–Crippen LogP) is 5.54. The molecule has 2 fully saturated rings. The van der Waals surface area contributed by atoms with E-state index in [0.29, 0.717) is 29.5 Å². The van der Waals surface area contributed by atoms with Gasteiger partial charge in [0.25, 0.3) is 11.8 Å². The molecule has 2 aromatic heterocycles. The van der Waals surface area contributed by atoms with E-state index in [1.807, 2.05) is 48.5 Å².